The Labute approximate surface area is 282 Å². The lowest BCUT2D eigenvalue weighted by atomic mass is 10.1. The zero-order chi connectivity index (χ0) is 34.4. The second-order valence-corrected chi connectivity index (χ2v) is 15.1. The highest BCUT2D eigenvalue weighted by Crippen LogP contribution is 2.43. The van der Waals surface area contributed by atoms with Crippen LogP contribution in [-0.4, -0.2) is 74.9 Å². The van der Waals surface area contributed by atoms with Crippen molar-refractivity contribution in [1.29, 1.82) is 0 Å². The number of likely N-dealkylation sites (N-methyl/N-ethyl adjacent to an activating group) is 1. The molecule has 46 heavy (non-hydrogen) atoms. The summed E-state index contributed by atoms with van der Waals surface area (Å²) in [5, 5.41) is 0. The van der Waals surface area contributed by atoms with Gasteiger partial charge in [0.05, 0.1) is 27.7 Å². The highest BCUT2D eigenvalue weighted by atomic mass is 31.2. The number of ether oxygens (including phenoxy) is 2. The van der Waals surface area contributed by atoms with Crippen LogP contribution in [0.1, 0.15) is 155 Å². The number of hydrogen-bond acceptors (Lipinski definition) is 7. The van der Waals surface area contributed by atoms with Crippen molar-refractivity contribution in [3.05, 3.63) is 12.2 Å². The van der Waals surface area contributed by atoms with E-state index in [-0.39, 0.29) is 25.6 Å². The van der Waals surface area contributed by atoms with Gasteiger partial charge in [0.25, 0.3) is 0 Å². The molecule has 0 heterocycles. The summed E-state index contributed by atoms with van der Waals surface area (Å²) in [4.78, 5) is 35.0. The third-order valence-corrected chi connectivity index (χ3v) is 8.78. The fourth-order valence-corrected chi connectivity index (χ4v) is 5.57. The van der Waals surface area contributed by atoms with Gasteiger partial charge in [0.15, 0.2) is 6.10 Å². The average Bonchev–Trinajstić information content (AvgIpc) is 2.99. The second kappa shape index (κ2) is 29.9. The molecule has 0 aliphatic heterocycles. The number of phosphoric ester groups is 1. The van der Waals surface area contributed by atoms with Crippen LogP contribution in [0, 0.1) is 0 Å². The summed E-state index contributed by atoms with van der Waals surface area (Å²) in [6.07, 6.45) is 26.9. The Morgan fingerprint density at radius 3 is 1.65 bits per heavy atom. The molecule has 0 aliphatic carbocycles. The molecule has 0 amide bonds. The molecule has 1 N–H and O–H groups in total. The molecule has 0 spiro atoms. The first-order valence-corrected chi connectivity index (χ1v) is 19.9. The summed E-state index contributed by atoms with van der Waals surface area (Å²) in [7, 11) is 1.47. The van der Waals surface area contributed by atoms with Crippen LogP contribution in [-0.2, 0) is 32.7 Å². The van der Waals surface area contributed by atoms with Crippen LogP contribution in [0.2, 0.25) is 0 Å². The van der Waals surface area contributed by atoms with Crippen molar-refractivity contribution < 1.29 is 42.1 Å². The highest BCUT2D eigenvalue weighted by Gasteiger charge is 2.27. The van der Waals surface area contributed by atoms with Crippen molar-refractivity contribution in [1.82, 2.24) is 0 Å². The van der Waals surface area contributed by atoms with Gasteiger partial charge >= 0.3 is 19.8 Å². The Morgan fingerprint density at radius 2 is 1.11 bits per heavy atom. The van der Waals surface area contributed by atoms with Crippen LogP contribution in [0.5, 0.6) is 0 Å². The van der Waals surface area contributed by atoms with Crippen LogP contribution in [0.3, 0.4) is 0 Å². The van der Waals surface area contributed by atoms with E-state index in [2.05, 4.69) is 26.0 Å². The zero-order valence-corrected chi connectivity index (χ0v) is 31.2. The first kappa shape index (κ1) is 44.8. The highest BCUT2D eigenvalue weighted by molar-refractivity contribution is 7.47. The molecule has 2 atom stereocenters. The summed E-state index contributed by atoms with van der Waals surface area (Å²) < 4.78 is 34.1. The minimum atomic E-state index is -4.36. The third-order valence-electron chi connectivity index (χ3n) is 7.80. The summed E-state index contributed by atoms with van der Waals surface area (Å²) in [5.41, 5.74) is 0. The van der Waals surface area contributed by atoms with Gasteiger partial charge in [-0.1, -0.05) is 116 Å². The van der Waals surface area contributed by atoms with Crippen LogP contribution < -0.4 is 0 Å². The number of unbranched alkanes of at least 4 members (excludes halogenated alkanes) is 17. The van der Waals surface area contributed by atoms with Gasteiger partial charge in [-0.2, -0.15) is 0 Å². The quantitative estimate of drug-likeness (QED) is 0.0241. The standard InChI is InChI=1S/C36H70NO8P/c1-6-8-10-12-14-16-18-19-21-23-25-27-29-36(39)45-34(33-44-46(40,41)43-31-30-37(3,4)5)32-42-35(38)28-26-24-22-20-17-15-13-11-9-7-2/h14,16,34H,6-13,15,17-33H2,1-5H3/p+1/b16-14-. The molecular formula is C36H71NO8P+. The summed E-state index contributed by atoms with van der Waals surface area (Å²) >= 11 is 0. The fourth-order valence-electron chi connectivity index (χ4n) is 4.83. The molecule has 0 aliphatic rings. The molecule has 272 valence electrons. The van der Waals surface area contributed by atoms with E-state index in [0.717, 1.165) is 51.4 Å². The zero-order valence-electron chi connectivity index (χ0n) is 30.3. The molecule has 0 bridgehead atoms. The van der Waals surface area contributed by atoms with Crippen molar-refractivity contribution in [2.45, 2.75) is 161 Å². The average molecular weight is 677 g/mol. The van der Waals surface area contributed by atoms with Gasteiger partial charge in [0.2, 0.25) is 0 Å². The topological polar surface area (TPSA) is 108 Å². The first-order valence-electron chi connectivity index (χ1n) is 18.4. The number of phosphoric acid groups is 1. The van der Waals surface area contributed by atoms with Crippen LogP contribution in [0.4, 0.5) is 0 Å². The maximum Gasteiger partial charge on any atom is 0.472 e. The number of carbonyl (C=O) groups excluding carboxylic acids is 2. The van der Waals surface area contributed by atoms with Crippen molar-refractivity contribution >= 4 is 19.8 Å². The number of carbonyl (C=O) groups is 2. The van der Waals surface area contributed by atoms with E-state index in [1.807, 2.05) is 21.1 Å². The Kier molecular flexibility index (Phi) is 29.0. The van der Waals surface area contributed by atoms with Gasteiger partial charge in [0, 0.05) is 12.8 Å². The fraction of sp³-hybridized carbons (Fsp3) is 0.889. The Morgan fingerprint density at radius 1 is 0.652 bits per heavy atom. The van der Waals surface area contributed by atoms with Crippen molar-refractivity contribution in [2.75, 3.05) is 47.5 Å². The van der Waals surface area contributed by atoms with E-state index in [9.17, 15) is 19.0 Å². The van der Waals surface area contributed by atoms with Gasteiger partial charge < -0.3 is 18.9 Å². The molecule has 0 radical (unpaired) electrons. The number of allylic oxidation sites excluding steroid dienone is 2. The normalized spacial score (nSPS) is 14.0. The summed E-state index contributed by atoms with van der Waals surface area (Å²) in [5.74, 6) is -0.809. The van der Waals surface area contributed by atoms with E-state index in [1.54, 1.807) is 0 Å². The largest absolute Gasteiger partial charge is 0.472 e. The van der Waals surface area contributed by atoms with Crippen LogP contribution in [0.15, 0.2) is 12.2 Å². The number of nitrogens with zero attached hydrogens (tertiary/aromatic N) is 1. The Hall–Kier alpha value is -1.25. The number of esters is 2. The molecular weight excluding hydrogens is 605 g/mol. The number of rotatable bonds is 33. The van der Waals surface area contributed by atoms with Crippen molar-refractivity contribution in [3.8, 4) is 0 Å². The predicted octanol–water partition coefficient (Wildman–Crippen LogP) is 9.46. The van der Waals surface area contributed by atoms with E-state index in [0.29, 0.717) is 23.9 Å². The van der Waals surface area contributed by atoms with Crippen LogP contribution >= 0.6 is 7.82 Å². The van der Waals surface area contributed by atoms with Gasteiger partial charge in [-0.15, -0.1) is 0 Å². The number of quaternary nitrogens is 1. The molecule has 10 heteroatoms. The first-order chi connectivity index (χ1) is 22.0. The van der Waals surface area contributed by atoms with E-state index in [1.165, 1.54) is 70.6 Å². The van der Waals surface area contributed by atoms with Crippen molar-refractivity contribution in [2.24, 2.45) is 0 Å². The minimum Gasteiger partial charge on any atom is -0.462 e. The lowest BCUT2D eigenvalue weighted by molar-refractivity contribution is -0.870. The third kappa shape index (κ3) is 32.7. The van der Waals surface area contributed by atoms with E-state index < -0.39 is 26.5 Å². The van der Waals surface area contributed by atoms with Gasteiger partial charge in [-0.25, -0.2) is 4.57 Å². The minimum absolute atomic E-state index is 0.0326. The maximum atomic E-state index is 12.6. The summed E-state index contributed by atoms with van der Waals surface area (Å²) in [6.45, 7) is 4.36. The smallest absolute Gasteiger partial charge is 0.462 e. The molecule has 0 aromatic rings. The van der Waals surface area contributed by atoms with Gasteiger partial charge in [0.1, 0.15) is 19.8 Å². The molecule has 0 rings (SSSR count). The van der Waals surface area contributed by atoms with Gasteiger partial charge in [-0.3, -0.25) is 18.6 Å². The second-order valence-electron chi connectivity index (χ2n) is 13.6. The summed E-state index contributed by atoms with van der Waals surface area (Å²) in [6, 6.07) is 0. The lowest BCUT2D eigenvalue weighted by Gasteiger charge is -2.24. The van der Waals surface area contributed by atoms with Crippen LogP contribution in [0.25, 0.3) is 0 Å². The Balaban J connectivity index is 4.48. The molecule has 0 fully saturated rings. The molecule has 0 saturated carbocycles. The van der Waals surface area contributed by atoms with E-state index >= 15 is 0 Å². The molecule has 2 unspecified atom stereocenters. The van der Waals surface area contributed by atoms with Gasteiger partial charge in [-0.05, 0) is 38.5 Å². The SMILES string of the molecule is CCCCC/C=C\CCCCCCCC(=O)OC(COC(=O)CCCCCCCCCCCC)COP(=O)(O)OCC[N+](C)(C)C. The van der Waals surface area contributed by atoms with E-state index in [4.69, 9.17) is 18.5 Å². The predicted molar refractivity (Wildman–Crippen MR) is 188 cm³/mol. The van der Waals surface area contributed by atoms with Crippen molar-refractivity contribution in [3.63, 3.8) is 0 Å². The molecule has 0 aromatic carbocycles. The monoisotopic (exact) mass is 676 g/mol. The molecule has 9 nitrogen and oxygen atoms in total. The maximum absolute atomic E-state index is 12.6. The Bertz CT molecular complexity index is 814. The molecule has 0 aromatic heterocycles. The number of hydrogen-bond donors (Lipinski definition) is 1. The lowest BCUT2D eigenvalue weighted by Crippen LogP contribution is -2.37. The molecule has 0 saturated heterocycles.